The zero-order valence-corrected chi connectivity index (χ0v) is 27.4. The lowest BCUT2D eigenvalue weighted by atomic mass is 9.46. The van der Waals surface area contributed by atoms with Crippen LogP contribution in [0.15, 0.2) is 69.0 Å². The van der Waals surface area contributed by atoms with E-state index in [4.69, 9.17) is 41.7 Å². The minimum Gasteiger partial charge on any atom is -0.472 e. The van der Waals surface area contributed by atoms with Crippen LogP contribution >= 0.6 is 0 Å². The second kappa shape index (κ2) is 12.2. The summed E-state index contributed by atoms with van der Waals surface area (Å²) in [5.41, 5.74) is -7.50. The Balaban J connectivity index is 1.62. The fraction of sp³-hybridized carbons (Fsp3) is 0.500. The van der Waals surface area contributed by atoms with E-state index in [9.17, 15) is 29.1 Å². The van der Waals surface area contributed by atoms with E-state index in [1.807, 2.05) is 0 Å². The van der Waals surface area contributed by atoms with Gasteiger partial charge in [0.2, 0.25) is 0 Å². The van der Waals surface area contributed by atoms with Gasteiger partial charge in [-0.3, -0.25) is 9.59 Å². The summed E-state index contributed by atoms with van der Waals surface area (Å²) >= 11 is 0. The number of carbonyl (C=O) groups excluding carboxylic acids is 5. The Morgan fingerprint density at radius 2 is 1.29 bits per heavy atom. The molecule has 6 rings (SSSR count). The lowest BCUT2D eigenvalue weighted by Gasteiger charge is -2.65. The molecule has 2 saturated carbocycles. The number of carbonyl (C=O) groups is 5. The van der Waals surface area contributed by atoms with Crippen molar-refractivity contribution in [3.8, 4) is 0 Å². The molecule has 15 heteroatoms. The second-order valence-electron chi connectivity index (χ2n) is 13.3. The molecule has 1 spiro atoms. The average molecular weight is 685 g/mol. The van der Waals surface area contributed by atoms with E-state index in [1.54, 1.807) is 13.8 Å². The quantitative estimate of drug-likeness (QED) is 0.253. The molecule has 0 amide bonds. The highest BCUT2D eigenvalue weighted by atomic mass is 16.6. The molecule has 262 valence electrons. The highest BCUT2D eigenvalue weighted by Crippen LogP contribution is 2.69. The summed E-state index contributed by atoms with van der Waals surface area (Å²) in [6.07, 6.45) is 0.838. The van der Waals surface area contributed by atoms with Gasteiger partial charge < -0.3 is 46.8 Å². The van der Waals surface area contributed by atoms with Gasteiger partial charge in [-0.05, 0) is 45.4 Å². The van der Waals surface area contributed by atoms with Gasteiger partial charge >= 0.3 is 29.8 Å². The molecule has 2 bridgehead atoms. The number of rotatable bonds is 9. The average Bonchev–Trinajstić information content (AvgIpc) is 3.84. The number of fused-ring (bicyclic) bond motifs is 1. The summed E-state index contributed by atoms with van der Waals surface area (Å²) in [6.45, 7) is 6.42. The van der Waals surface area contributed by atoms with Crippen LogP contribution in [0.4, 0.5) is 0 Å². The van der Waals surface area contributed by atoms with Crippen molar-refractivity contribution in [2.45, 2.75) is 88.7 Å². The van der Waals surface area contributed by atoms with Gasteiger partial charge in [-0.15, -0.1) is 0 Å². The van der Waals surface area contributed by atoms with Crippen LogP contribution < -0.4 is 0 Å². The molecule has 3 fully saturated rings. The fourth-order valence-corrected chi connectivity index (χ4v) is 7.95. The van der Waals surface area contributed by atoms with Crippen molar-refractivity contribution in [2.24, 2.45) is 11.3 Å². The Hall–Kier alpha value is -4.89. The highest BCUT2D eigenvalue weighted by Gasteiger charge is 2.86. The predicted molar refractivity (Wildman–Crippen MR) is 160 cm³/mol. The summed E-state index contributed by atoms with van der Waals surface area (Å²) in [4.78, 5) is 66.3. The number of ether oxygens (including phenoxy) is 6. The number of furan rings is 3. The van der Waals surface area contributed by atoms with E-state index < -0.39 is 95.4 Å². The molecule has 0 aromatic carbocycles. The van der Waals surface area contributed by atoms with Gasteiger partial charge in [-0.25, -0.2) is 14.4 Å². The molecule has 4 heterocycles. The van der Waals surface area contributed by atoms with Crippen molar-refractivity contribution in [1.82, 2.24) is 0 Å². The monoisotopic (exact) mass is 684 g/mol. The van der Waals surface area contributed by atoms with Crippen LogP contribution in [-0.4, -0.2) is 82.8 Å². The van der Waals surface area contributed by atoms with Crippen LogP contribution in [0.3, 0.4) is 0 Å². The Bertz CT molecular complexity index is 1700. The zero-order chi connectivity index (χ0) is 35.4. The van der Waals surface area contributed by atoms with Gasteiger partial charge in [0.05, 0.1) is 46.7 Å². The summed E-state index contributed by atoms with van der Waals surface area (Å²) in [5.74, 6) is -4.94. The van der Waals surface area contributed by atoms with Crippen molar-refractivity contribution in [1.29, 1.82) is 0 Å². The summed E-state index contributed by atoms with van der Waals surface area (Å²) in [6, 6.07) is 4.07. The normalized spacial score (nSPS) is 32.7. The molecule has 15 nitrogen and oxygen atoms in total. The smallest absolute Gasteiger partial charge is 0.341 e. The lowest BCUT2D eigenvalue weighted by molar-refractivity contribution is -0.353. The first-order chi connectivity index (χ1) is 23.1. The number of hydrogen-bond donors (Lipinski definition) is 1. The van der Waals surface area contributed by atoms with Crippen molar-refractivity contribution in [2.75, 3.05) is 6.61 Å². The topological polar surface area (TPSA) is 200 Å². The molecule has 1 aliphatic heterocycles. The predicted octanol–water partition coefficient (Wildman–Crippen LogP) is 3.65. The molecule has 8 atom stereocenters. The maximum absolute atomic E-state index is 13.8. The van der Waals surface area contributed by atoms with Crippen LogP contribution in [0.25, 0.3) is 0 Å². The summed E-state index contributed by atoms with van der Waals surface area (Å²) in [5, 5.41) is 12.7. The first kappa shape index (κ1) is 34.0. The second-order valence-corrected chi connectivity index (χ2v) is 13.3. The molecule has 3 aromatic rings. The van der Waals surface area contributed by atoms with Gasteiger partial charge in [0, 0.05) is 26.2 Å². The number of esters is 5. The maximum atomic E-state index is 13.8. The first-order valence-corrected chi connectivity index (χ1v) is 15.6. The van der Waals surface area contributed by atoms with Crippen molar-refractivity contribution in [3.05, 3.63) is 72.5 Å². The van der Waals surface area contributed by atoms with Crippen LogP contribution in [-0.2, 0) is 38.0 Å². The molecular formula is C34H36O15. The summed E-state index contributed by atoms with van der Waals surface area (Å²) in [7, 11) is 0. The van der Waals surface area contributed by atoms with Crippen LogP contribution in [0.1, 0.15) is 78.5 Å². The molecule has 2 aliphatic carbocycles. The first-order valence-electron chi connectivity index (χ1n) is 15.6. The number of aliphatic hydroxyl groups is 1. The third kappa shape index (κ3) is 5.50. The van der Waals surface area contributed by atoms with E-state index in [1.165, 1.54) is 57.1 Å². The Kier molecular flexibility index (Phi) is 8.47. The molecule has 1 N–H and O–H groups in total. The SMILES string of the molecule is CC(=O)OC[C@]12[C@@H](OC(=O)c3ccoc3)C[C@H]3[C@@H](OC(C)=O)[C@]1(OC3(C)C)[C@@](C)(O)C[C@H](OC(=O)c1ccoc1)[C@@H]2OC(=O)c1ccoc1. The van der Waals surface area contributed by atoms with Gasteiger partial charge in [0.1, 0.15) is 49.1 Å². The van der Waals surface area contributed by atoms with Crippen LogP contribution in [0, 0.1) is 11.3 Å². The Morgan fingerprint density at radius 1 is 0.755 bits per heavy atom. The third-order valence-electron chi connectivity index (χ3n) is 9.88. The highest BCUT2D eigenvalue weighted by molar-refractivity contribution is 5.90. The van der Waals surface area contributed by atoms with Crippen molar-refractivity contribution in [3.63, 3.8) is 0 Å². The third-order valence-corrected chi connectivity index (χ3v) is 9.88. The largest absolute Gasteiger partial charge is 0.472 e. The molecule has 3 aromatic heterocycles. The maximum Gasteiger partial charge on any atom is 0.341 e. The standard InChI is InChI=1S/C34H36O15/c1-18(35)44-17-33-25(47-29(38)21-7-10-42-15-21)12-23-26(45-19(2)36)34(33,49-31(23,3)4)32(5,40)13-24(46-28(37)20-6-9-41-14-20)27(33)48-30(39)22-8-11-43-16-22/h6-11,14-16,23-27,40H,12-13,17H2,1-5H3/t23-,24-,25-,26+,27-,32-,33+,34-/m0/s1. The van der Waals surface area contributed by atoms with E-state index in [2.05, 4.69) is 0 Å². The van der Waals surface area contributed by atoms with Gasteiger partial charge in [-0.1, -0.05) is 0 Å². The van der Waals surface area contributed by atoms with E-state index >= 15 is 0 Å². The van der Waals surface area contributed by atoms with E-state index in [0.717, 1.165) is 19.5 Å². The Labute approximate surface area is 279 Å². The van der Waals surface area contributed by atoms with Crippen LogP contribution in [0.5, 0.6) is 0 Å². The molecule has 0 unspecified atom stereocenters. The zero-order valence-electron chi connectivity index (χ0n) is 27.4. The van der Waals surface area contributed by atoms with Gasteiger partial charge in [0.25, 0.3) is 0 Å². The molecule has 49 heavy (non-hydrogen) atoms. The minimum absolute atomic E-state index is 0.0107. The lowest BCUT2D eigenvalue weighted by Crippen LogP contribution is -2.83. The molecular weight excluding hydrogens is 648 g/mol. The Morgan fingerprint density at radius 3 is 1.78 bits per heavy atom. The van der Waals surface area contributed by atoms with E-state index in [0.29, 0.717) is 0 Å². The number of hydrogen-bond acceptors (Lipinski definition) is 15. The minimum atomic E-state index is -2.12. The molecule has 1 saturated heterocycles. The molecule has 0 radical (unpaired) electrons. The van der Waals surface area contributed by atoms with Crippen molar-refractivity contribution < 1.29 is 70.8 Å². The van der Waals surface area contributed by atoms with Gasteiger partial charge in [-0.2, -0.15) is 0 Å². The van der Waals surface area contributed by atoms with E-state index in [-0.39, 0.29) is 23.1 Å². The summed E-state index contributed by atoms with van der Waals surface area (Å²) < 4.78 is 52.1. The molecule has 3 aliphatic rings. The fourth-order valence-electron chi connectivity index (χ4n) is 7.95. The van der Waals surface area contributed by atoms with Crippen LogP contribution in [0.2, 0.25) is 0 Å². The van der Waals surface area contributed by atoms with Gasteiger partial charge in [0.15, 0.2) is 11.7 Å². The van der Waals surface area contributed by atoms with Crippen molar-refractivity contribution >= 4 is 29.8 Å².